The van der Waals surface area contributed by atoms with Crippen molar-refractivity contribution in [1.29, 1.82) is 0 Å². The van der Waals surface area contributed by atoms with Gasteiger partial charge < -0.3 is 20.7 Å². The lowest BCUT2D eigenvalue weighted by Crippen LogP contribution is -2.44. The maximum atomic E-state index is 11.5. The Labute approximate surface area is 112 Å². The standard InChI is InChI=1S/C13H20N4O2/c1-13(2,3)19-12(18)16-8-9-7-15-10-5-4-6-14-11(10)17-9/h4-6,9,15H,7-8H2,1-3H3,(H,14,17)(H,16,18)/t9-/m1/s1. The van der Waals surface area contributed by atoms with Gasteiger partial charge in [0, 0.05) is 19.3 Å². The Bertz CT molecular complexity index is 456. The van der Waals surface area contributed by atoms with E-state index >= 15 is 0 Å². The molecule has 0 aliphatic carbocycles. The van der Waals surface area contributed by atoms with Gasteiger partial charge in [-0.15, -0.1) is 0 Å². The Balaban J connectivity index is 1.81. The van der Waals surface area contributed by atoms with Gasteiger partial charge in [0.05, 0.1) is 11.7 Å². The van der Waals surface area contributed by atoms with Gasteiger partial charge in [-0.3, -0.25) is 0 Å². The summed E-state index contributed by atoms with van der Waals surface area (Å²) in [5.74, 6) is 0.810. The number of aromatic nitrogens is 1. The van der Waals surface area contributed by atoms with Crippen LogP contribution in [-0.2, 0) is 4.74 Å². The second kappa shape index (κ2) is 5.34. The molecule has 0 bridgehead atoms. The molecule has 0 saturated carbocycles. The number of ether oxygens (including phenoxy) is 1. The number of carbonyl (C=O) groups excluding carboxylic acids is 1. The van der Waals surface area contributed by atoms with Crippen LogP contribution < -0.4 is 16.0 Å². The van der Waals surface area contributed by atoms with Crippen molar-refractivity contribution < 1.29 is 9.53 Å². The SMILES string of the molecule is CC(C)(C)OC(=O)NC[C@H]1CNc2cccnc2N1. The summed E-state index contributed by atoms with van der Waals surface area (Å²) in [5.41, 5.74) is 0.507. The average Bonchev–Trinajstić information content (AvgIpc) is 2.34. The normalized spacial score (nSPS) is 17.7. The molecule has 1 aliphatic heterocycles. The molecule has 1 atom stereocenters. The van der Waals surface area contributed by atoms with Gasteiger partial charge in [-0.05, 0) is 32.9 Å². The lowest BCUT2D eigenvalue weighted by molar-refractivity contribution is 0.0526. The molecule has 19 heavy (non-hydrogen) atoms. The van der Waals surface area contributed by atoms with E-state index in [0.29, 0.717) is 6.54 Å². The number of nitrogens with one attached hydrogen (secondary N) is 3. The number of hydrogen-bond acceptors (Lipinski definition) is 5. The molecular weight excluding hydrogens is 244 g/mol. The minimum atomic E-state index is -0.476. The van der Waals surface area contributed by atoms with Crippen molar-refractivity contribution in [2.45, 2.75) is 32.4 Å². The summed E-state index contributed by atoms with van der Waals surface area (Å²) in [6.07, 6.45) is 1.33. The predicted octanol–water partition coefficient (Wildman–Crippen LogP) is 1.81. The van der Waals surface area contributed by atoms with E-state index in [1.165, 1.54) is 0 Å². The summed E-state index contributed by atoms with van der Waals surface area (Å²) in [6.45, 7) is 6.74. The smallest absolute Gasteiger partial charge is 0.407 e. The number of pyridine rings is 1. The zero-order valence-corrected chi connectivity index (χ0v) is 11.5. The van der Waals surface area contributed by atoms with Crippen LogP contribution in [0.4, 0.5) is 16.3 Å². The zero-order valence-electron chi connectivity index (χ0n) is 11.5. The van der Waals surface area contributed by atoms with E-state index < -0.39 is 11.7 Å². The summed E-state index contributed by atoms with van der Waals surface area (Å²) in [4.78, 5) is 15.8. The second-order valence-electron chi connectivity index (χ2n) is 5.50. The molecule has 6 heteroatoms. The fourth-order valence-corrected chi connectivity index (χ4v) is 1.78. The first-order valence-electron chi connectivity index (χ1n) is 6.36. The third-order valence-corrected chi connectivity index (χ3v) is 2.58. The highest BCUT2D eigenvalue weighted by molar-refractivity contribution is 5.69. The van der Waals surface area contributed by atoms with Gasteiger partial charge in [0.2, 0.25) is 0 Å². The lowest BCUT2D eigenvalue weighted by Gasteiger charge is -2.28. The average molecular weight is 264 g/mol. The summed E-state index contributed by atoms with van der Waals surface area (Å²) in [5, 5.41) is 9.29. The molecule has 104 valence electrons. The molecule has 1 aromatic rings. The van der Waals surface area contributed by atoms with Gasteiger partial charge in [-0.25, -0.2) is 9.78 Å². The molecule has 1 amide bonds. The predicted molar refractivity (Wildman–Crippen MR) is 74.4 cm³/mol. The first-order chi connectivity index (χ1) is 8.94. The minimum Gasteiger partial charge on any atom is -0.444 e. The van der Waals surface area contributed by atoms with E-state index in [-0.39, 0.29) is 6.04 Å². The van der Waals surface area contributed by atoms with Gasteiger partial charge in [-0.1, -0.05) is 0 Å². The topological polar surface area (TPSA) is 75.3 Å². The van der Waals surface area contributed by atoms with E-state index in [2.05, 4.69) is 20.9 Å². The van der Waals surface area contributed by atoms with Crippen LogP contribution in [0.5, 0.6) is 0 Å². The highest BCUT2D eigenvalue weighted by atomic mass is 16.6. The van der Waals surface area contributed by atoms with Crippen molar-refractivity contribution in [2.24, 2.45) is 0 Å². The Morgan fingerprint density at radius 1 is 1.58 bits per heavy atom. The van der Waals surface area contributed by atoms with Crippen LogP contribution in [0.2, 0.25) is 0 Å². The van der Waals surface area contributed by atoms with Crippen LogP contribution in [0.1, 0.15) is 20.8 Å². The number of alkyl carbamates (subject to hydrolysis) is 1. The minimum absolute atomic E-state index is 0.0925. The van der Waals surface area contributed by atoms with Crippen LogP contribution in [0, 0.1) is 0 Å². The molecular formula is C13H20N4O2. The number of carbonyl (C=O) groups is 1. The molecule has 0 unspecified atom stereocenters. The van der Waals surface area contributed by atoms with E-state index in [0.717, 1.165) is 18.1 Å². The Kier molecular flexibility index (Phi) is 3.78. The first kappa shape index (κ1) is 13.5. The number of hydrogen-bond donors (Lipinski definition) is 3. The third-order valence-electron chi connectivity index (χ3n) is 2.58. The first-order valence-corrected chi connectivity index (χ1v) is 6.36. The van der Waals surface area contributed by atoms with Crippen LogP contribution in [-0.4, -0.2) is 35.8 Å². The van der Waals surface area contributed by atoms with E-state index in [9.17, 15) is 4.79 Å². The third kappa shape index (κ3) is 4.01. The Morgan fingerprint density at radius 2 is 2.37 bits per heavy atom. The highest BCUT2D eigenvalue weighted by Gasteiger charge is 2.20. The van der Waals surface area contributed by atoms with Crippen molar-refractivity contribution in [1.82, 2.24) is 10.3 Å². The van der Waals surface area contributed by atoms with Gasteiger partial charge in [0.15, 0.2) is 0 Å². The quantitative estimate of drug-likeness (QED) is 0.759. The van der Waals surface area contributed by atoms with Crippen LogP contribution >= 0.6 is 0 Å². The van der Waals surface area contributed by atoms with Crippen molar-refractivity contribution >= 4 is 17.6 Å². The fraction of sp³-hybridized carbons (Fsp3) is 0.538. The highest BCUT2D eigenvalue weighted by Crippen LogP contribution is 2.22. The van der Waals surface area contributed by atoms with Gasteiger partial charge in [-0.2, -0.15) is 0 Å². The summed E-state index contributed by atoms with van der Waals surface area (Å²) in [6, 6.07) is 3.94. The van der Waals surface area contributed by atoms with Gasteiger partial charge >= 0.3 is 6.09 Å². The molecule has 1 aliphatic rings. The molecule has 0 radical (unpaired) electrons. The van der Waals surface area contributed by atoms with Crippen LogP contribution in [0.3, 0.4) is 0 Å². The largest absolute Gasteiger partial charge is 0.444 e. The second-order valence-corrected chi connectivity index (χ2v) is 5.50. The van der Waals surface area contributed by atoms with Crippen molar-refractivity contribution in [3.63, 3.8) is 0 Å². The molecule has 0 spiro atoms. The summed E-state index contributed by atoms with van der Waals surface area (Å²) < 4.78 is 5.18. The Hall–Kier alpha value is -1.98. The Morgan fingerprint density at radius 3 is 3.11 bits per heavy atom. The van der Waals surface area contributed by atoms with Gasteiger partial charge in [0.1, 0.15) is 11.4 Å². The lowest BCUT2D eigenvalue weighted by atomic mass is 10.2. The maximum Gasteiger partial charge on any atom is 0.407 e. The molecule has 1 aromatic heterocycles. The van der Waals surface area contributed by atoms with Gasteiger partial charge in [0.25, 0.3) is 0 Å². The van der Waals surface area contributed by atoms with Crippen LogP contribution in [0.25, 0.3) is 0 Å². The molecule has 2 heterocycles. The number of fused-ring (bicyclic) bond motifs is 1. The summed E-state index contributed by atoms with van der Waals surface area (Å²) in [7, 11) is 0. The monoisotopic (exact) mass is 264 g/mol. The maximum absolute atomic E-state index is 11.5. The molecule has 0 fully saturated rings. The van der Waals surface area contributed by atoms with Crippen molar-refractivity contribution in [3.05, 3.63) is 18.3 Å². The number of rotatable bonds is 2. The number of anilines is 2. The van der Waals surface area contributed by atoms with Crippen molar-refractivity contribution in [2.75, 3.05) is 23.7 Å². The zero-order chi connectivity index (χ0) is 13.9. The van der Waals surface area contributed by atoms with E-state index in [1.54, 1.807) is 6.20 Å². The summed E-state index contributed by atoms with van der Waals surface area (Å²) >= 11 is 0. The number of nitrogens with zero attached hydrogens (tertiary/aromatic N) is 1. The van der Waals surface area contributed by atoms with E-state index in [1.807, 2.05) is 32.9 Å². The fourth-order valence-electron chi connectivity index (χ4n) is 1.78. The van der Waals surface area contributed by atoms with Crippen LogP contribution in [0.15, 0.2) is 18.3 Å². The van der Waals surface area contributed by atoms with Crippen molar-refractivity contribution in [3.8, 4) is 0 Å². The molecule has 3 N–H and O–H groups in total. The molecule has 0 aromatic carbocycles. The molecule has 0 saturated heterocycles. The molecule has 2 rings (SSSR count). The van der Waals surface area contributed by atoms with E-state index in [4.69, 9.17) is 4.74 Å². The molecule has 6 nitrogen and oxygen atoms in total. The number of amides is 1.